The van der Waals surface area contributed by atoms with Gasteiger partial charge in [-0.25, -0.2) is 4.39 Å². The van der Waals surface area contributed by atoms with Crippen LogP contribution in [0.1, 0.15) is 0 Å². The summed E-state index contributed by atoms with van der Waals surface area (Å²) in [6, 6.07) is 9.96. The van der Waals surface area contributed by atoms with Crippen LogP contribution in [-0.2, 0) is 0 Å². The van der Waals surface area contributed by atoms with Gasteiger partial charge in [0.05, 0.1) is 12.9 Å². The molecule has 13 heavy (non-hydrogen) atoms. The Bertz CT molecular complexity index is 272. The Morgan fingerprint density at radius 3 is 2.62 bits per heavy atom. The molecule has 0 aliphatic heterocycles. The van der Waals surface area contributed by atoms with E-state index in [4.69, 9.17) is 0 Å². The molecule has 0 fully saturated rings. The summed E-state index contributed by atoms with van der Waals surface area (Å²) < 4.78 is 12.1. The molecule has 0 amide bonds. The zero-order valence-electron chi connectivity index (χ0n) is 7.37. The van der Waals surface area contributed by atoms with E-state index in [0.717, 1.165) is 10.5 Å². The molecule has 1 rings (SSSR count). The van der Waals surface area contributed by atoms with Crippen molar-refractivity contribution in [2.45, 2.75) is 4.90 Å². The van der Waals surface area contributed by atoms with Crippen molar-refractivity contribution < 1.29 is 10.1 Å². The van der Waals surface area contributed by atoms with Crippen LogP contribution in [0, 0.1) is 0 Å². The van der Waals surface area contributed by atoms with Crippen LogP contribution in [0.15, 0.2) is 47.1 Å². The van der Waals surface area contributed by atoms with Crippen molar-refractivity contribution in [3.05, 3.63) is 42.2 Å². The van der Waals surface area contributed by atoms with Gasteiger partial charge in [0.25, 0.3) is 0 Å². The number of thioether (sulfide) groups is 1. The molecule has 1 nitrogen and oxygen atoms in total. The summed E-state index contributed by atoms with van der Waals surface area (Å²) in [6.07, 6.45) is 0.656. The highest BCUT2D eigenvalue weighted by Gasteiger charge is 1.98. The lowest BCUT2D eigenvalue weighted by molar-refractivity contribution is -0.355. The molecule has 0 unspecified atom stereocenters. The molecular formula is C10H13FNS+. The van der Waals surface area contributed by atoms with Crippen LogP contribution in [0.4, 0.5) is 4.39 Å². The van der Waals surface area contributed by atoms with Crippen LogP contribution in [0.2, 0.25) is 0 Å². The van der Waals surface area contributed by atoms with Crippen LogP contribution < -0.4 is 5.73 Å². The fourth-order valence-electron chi connectivity index (χ4n) is 0.851. The highest BCUT2D eigenvalue weighted by Crippen LogP contribution is 2.19. The Balaban J connectivity index is 2.43. The van der Waals surface area contributed by atoms with Gasteiger partial charge >= 0.3 is 0 Å². The standard InChI is InChI=1S/C10H12FNS/c11-6-9(7-12)8-13-10-4-2-1-3-5-10/h1-6H,7-8,12H2/p+1. The Morgan fingerprint density at radius 1 is 1.38 bits per heavy atom. The molecule has 1 aromatic rings. The average Bonchev–Trinajstić information content (AvgIpc) is 2.21. The summed E-state index contributed by atoms with van der Waals surface area (Å²) in [7, 11) is 0. The number of quaternary nitrogens is 1. The third-order valence-electron chi connectivity index (χ3n) is 1.64. The summed E-state index contributed by atoms with van der Waals surface area (Å²) in [5.41, 5.74) is 4.39. The molecule has 3 heteroatoms. The van der Waals surface area contributed by atoms with Crippen molar-refractivity contribution in [1.29, 1.82) is 0 Å². The van der Waals surface area contributed by atoms with E-state index >= 15 is 0 Å². The third kappa shape index (κ3) is 3.61. The second-order valence-electron chi connectivity index (χ2n) is 2.62. The van der Waals surface area contributed by atoms with E-state index in [1.165, 1.54) is 0 Å². The lowest BCUT2D eigenvalue weighted by Gasteiger charge is -2.00. The first-order valence-electron chi connectivity index (χ1n) is 4.12. The van der Waals surface area contributed by atoms with Crippen LogP contribution in [0.5, 0.6) is 0 Å². The van der Waals surface area contributed by atoms with Gasteiger partial charge in [-0.2, -0.15) is 0 Å². The van der Waals surface area contributed by atoms with Gasteiger partial charge in [0.1, 0.15) is 0 Å². The first-order chi connectivity index (χ1) is 6.36. The Hall–Kier alpha value is -0.800. The topological polar surface area (TPSA) is 27.6 Å². The van der Waals surface area contributed by atoms with Crippen LogP contribution in [0.3, 0.4) is 0 Å². The van der Waals surface area contributed by atoms with E-state index in [-0.39, 0.29) is 0 Å². The van der Waals surface area contributed by atoms with E-state index in [1.807, 2.05) is 30.3 Å². The SMILES string of the molecule is [NH3+]CC(=CF)CSc1ccccc1. The zero-order chi connectivity index (χ0) is 9.52. The highest BCUT2D eigenvalue weighted by molar-refractivity contribution is 7.99. The molecule has 0 aromatic heterocycles. The van der Waals surface area contributed by atoms with Gasteiger partial charge in [-0.1, -0.05) is 18.2 Å². The Kier molecular flexibility index (Phi) is 4.57. The van der Waals surface area contributed by atoms with E-state index < -0.39 is 0 Å². The summed E-state index contributed by atoms with van der Waals surface area (Å²) in [5, 5.41) is 0. The minimum atomic E-state index is 0.538. The molecule has 0 bridgehead atoms. The second kappa shape index (κ2) is 5.78. The largest absolute Gasteiger partial charge is 0.354 e. The molecule has 0 radical (unpaired) electrons. The third-order valence-corrected chi connectivity index (χ3v) is 2.76. The maximum absolute atomic E-state index is 12.1. The number of benzene rings is 1. The van der Waals surface area contributed by atoms with Crippen molar-refractivity contribution in [3.63, 3.8) is 0 Å². The first-order valence-corrected chi connectivity index (χ1v) is 5.10. The minimum absolute atomic E-state index is 0.538. The van der Waals surface area contributed by atoms with Crippen molar-refractivity contribution in [2.75, 3.05) is 12.3 Å². The summed E-state index contributed by atoms with van der Waals surface area (Å²) in [4.78, 5) is 1.16. The number of rotatable bonds is 4. The normalized spacial score (nSPS) is 11.7. The lowest BCUT2D eigenvalue weighted by Crippen LogP contribution is -2.51. The predicted octanol–water partition coefficient (Wildman–Crippen LogP) is 1.87. The molecule has 3 N–H and O–H groups in total. The molecule has 70 valence electrons. The predicted molar refractivity (Wildman–Crippen MR) is 54.1 cm³/mol. The monoisotopic (exact) mass is 198 g/mol. The van der Waals surface area contributed by atoms with E-state index in [9.17, 15) is 4.39 Å². The highest BCUT2D eigenvalue weighted by atomic mass is 32.2. The molecule has 0 atom stereocenters. The quantitative estimate of drug-likeness (QED) is 0.735. The molecular weight excluding hydrogens is 185 g/mol. The van der Waals surface area contributed by atoms with Gasteiger partial charge in [-0.05, 0) is 12.1 Å². The number of hydrogen-bond acceptors (Lipinski definition) is 1. The molecule has 0 aliphatic carbocycles. The molecule has 1 aromatic carbocycles. The average molecular weight is 198 g/mol. The molecule has 0 saturated heterocycles. The van der Waals surface area contributed by atoms with E-state index in [0.29, 0.717) is 18.6 Å². The maximum Gasteiger partial charge on any atom is 0.0990 e. The lowest BCUT2D eigenvalue weighted by atomic mass is 10.3. The van der Waals surface area contributed by atoms with Crippen LogP contribution in [0.25, 0.3) is 0 Å². The van der Waals surface area contributed by atoms with Crippen molar-refractivity contribution in [1.82, 2.24) is 0 Å². The van der Waals surface area contributed by atoms with Crippen molar-refractivity contribution in [3.8, 4) is 0 Å². The zero-order valence-corrected chi connectivity index (χ0v) is 8.19. The number of halogens is 1. The molecule has 0 saturated carbocycles. The first kappa shape index (κ1) is 10.3. The summed E-state index contributed by atoms with van der Waals surface area (Å²) in [5.74, 6) is 0.685. The second-order valence-corrected chi connectivity index (χ2v) is 3.67. The molecule has 0 spiro atoms. The molecule has 0 aliphatic rings. The van der Waals surface area contributed by atoms with Gasteiger partial charge in [0, 0.05) is 16.2 Å². The van der Waals surface area contributed by atoms with Crippen LogP contribution in [-0.4, -0.2) is 12.3 Å². The van der Waals surface area contributed by atoms with Gasteiger partial charge < -0.3 is 5.73 Å². The van der Waals surface area contributed by atoms with E-state index in [2.05, 4.69) is 5.73 Å². The Morgan fingerprint density at radius 2 is 2.08 bits per heavy atom. The maximum atomic E-state index is 12.1. The molecule has 0 heterocycles. The van der Waals surface area contributed by atoms with Gasteiger partial charge in [0.2, 0.25) is 0 Å². The van der Waals surface area contributed by atoms with Crippen molar-refractivity contribution in [2.24, 2.45) is 0 Å². The van der Waals surface area contributed by atoms with Gasteiger partial charge in [0.15, 0.2) is 0 Å². The van der Waals surface area contributed by atoms with Crippen LogP contribution >= 0.6 is 11.8 Å². The van der Waals surface area contributed by atoms with Gasteiger partial charge in [-0.15, -0.1) is 11.8 Å². The summed E-state index contributed by atoms with van der Waals surface area (Å²) >= 11 is 1.63. The summed E-state index contributed by atoms with van der Waals surface area (Å²) in [6.45, 7) is 0.538. The van der Waals surface area contributed by atoms with Crippen molar-refractivity contribution >= 4 is 11.8 Å². The van der Waals surface area contributed by atoms with E-state index in [1.54, 1.807) is 11.8 Å². The van der Waals surface area contributed by atoms with Gasteiger partial charge in [-0.3, -0.25) is 0 Å². The minimum Gasteiger partial charge on any atom is -0.354 e. The fraction of sp³-hybridized carbons (Fsp3) is 0.200. The Labute approximate surface area is 81.8 Å². The smallest absolute Gasteiger partial charge is 0.0990 e. The fourth-order valence-corrected chi connectivity index (χ4v) is 1.76. The number of hydrogen-bond donors (Lipinski definition) is 1.